The van der Waals surface area contributed by atoms with Gasteiger partial charge < -0.3 is 14.4 Å². The summed E-state index contributed by atoms with van der Waals surface area (Å²) in [5, 5.41) is 20.3. The molecule has 1 aliphatic heterocycles. The van der Waals surface area contributed by atoms with Crippen LogP contribution in [0, 0.1) is 21.4 Å². The Kier molecular flexibility index (Phi) is 8.10. The van der Waals surface area contributed by atoms with E-state index < -0.39 is 23.0 Å². The van der Waals surface area contributed by atoms with E-state index in [4.69, 9.17) is 10.00 Å². The van der Waals surface area contributed by atoms with E-state index >= 15 is 0 Å². The van der Waals surface area contributed by atoms with Crippen LogP contribution in [0.2, 0.25) is 0 Å². The van der Waals surface area contributed by atoms with Crippen LogP contribution in [-0.2, 0) is 11.3 Å². The molecule has 3 rings (SSSR count). The lowest BCUT2D eigenvalue weighted by molar-refractivity contribution is -0.385. The van der Waals surface area contributed by atoms with Crippen LogP contribution >= 0.6 is 0 Å². The number of carbonyl (C=O) groups is 1. The third-order valence-electron chi connectivity index (χ3n) is 5.30. The smallest absolute Gasteiger partial charge is 0.387 e. The lowest BCUT2D eigenvalue weighted by atomic mass is 10.1. The topological polar surface area (TPSA) is 109 Å². The van der Waals surface area contributed by atoms with Gasteiger partial charge in [-0.25, -0.2) is 0 Å². The number of nitro groups is 1. The number of halogens is 2. The van der Waals surface area contributed by atoms with E-state index in [1.54, 1.807) is 17.0 Å². The zero-order chi connectivity index (χ0) is 24.7. The Morgan fingerprint density at radius 2 is 1.88 bits per heavy atom. The number of nitriles is 1. The Balaban J connectivity index is 1.64. The highest BCUT2D eigenvalue weighted by Gasteiger charge is 2.22. The maximum atomic E-state index is 12.6. The van der Waals surface area contributed by atoms with Crippen molar-refractivity contribution >= 4 is 17.7 Å². The fraction of sp³-hybridized carbons (Fsp3) is 0.304. The SMILES string of the molecule is COc1cc(C=CC(=O)N2CCN(Cc3ccc(C#N)cc3)CC2)c([N+](=O)[O-])cc1OC(F)F. The molecule has 0 aromatic heterocycles. The average Bonchev–Trinajstić information content (AvgIpc) is 2.83. The van der Waals surface area contributed by atoms with Crippen LogP contribution in [0.5, 0.6) is 11.5 Å². The molecule has 34 heavy (non-hydrogen) atoms. The van der Waals surface area contributed by atoms with Crippen molar-refractivity contribution in [1.82, 2.24) is 9.80 Å². The monoisotopic (exact) mass is 472 g/mol. The first-order chi connectivity index (χ1) is 16.3. The summed E-state index contributed by atoms with van der Waals surface area (Å²) < 4.78 is 34.4. The van der Waals surface area contributed by atoms with E-state index in [1.807, 2.05) is 12.1 Å². The van der Waals surface area contributed by atoms with Crippen molar-refractivity contribution in [3.8, 4) is 17.6 Å². The number of carbonyl (C=O) groups excluding carboxylic acids is 1. The second kappa shape index (κ2) is 11.2. The number of hydrogen-bond acceptors (Lipinski definition) is 7. The molecular weight excluding hydrogens is 450 g/mol. The van der Waals surface area contributed by atoms with Crippen molar-refractivity contribution in [3.05, 3.63) is 69.3 Å². The average molecular weight is 472 g/mol. The van der Waals surface area contributed by atoms with Gasteiger partial charge in [0.2, 0.25) is 5.91 Å². The molecule has 0 aliphatic carbocycles. The van der Waals surface area contributed by atoms with Crippen molar-refractivity contribution in [2.45, 2.75) is 13.2 Å². The van der Waals surface area contributed by atoms with Gasteiger partial charge in [-0.2, -0.15) is 14.0 Å². The number of amides is 1. The third-order valence-corrected chi connectivity index (χ3v) is 5.30. The Morgan fingerprint density at radius 3 is 2.44 bits per heavy atom. The summed E-state index contributed by atoms with van der Waals surface area (Å²) in [6, 6.07) is 11.4. The minimum atomic E-state index is -3.17. The Morgan fingerprint density at radius 1 is 1.21 bits per heavy atom. The second-order valence-electron chi connectivity index (χ2n) is 7.44. The van der Waals surface area contributed by atoms with Gasteiger partial charge in [0.05, 0.1) is 35.3 Å². The molecule has 11 heteroatoms. The molecule has 9 nitrogen and oxygen atoms in total. The van der Waals surface area contributed by atoms with Gasteiger partial charge >= 0.3 is 6.61 Å². The highest BCUT2D eigenvalue weighted by atomic mass is 19.3. The molecule has 0 spiro atoms. The van der Waals surface area contributed by atoms with Gasteiger partial charge in [0.25, 0.3) is 5.69 Å². The molecule has 2 aromatic carbocycles. The van der Waals surface area contributed by atoms with Gasteiger partial charge in [0.15, 0.2) is 11.5 Å². The van der Waals surface area contributed by atoms with E-state index in [9.17, 15) is 23.7 Å². The third kappa shape index (κ3) is 6.26. The first-order valence-electron chi connectivity index (χ1n) is 10.3. The van der Waals surface area contributed by atoms with Gasteiger partial charge in [0.1, 0.15) is 0 Å². The van der Waals surface area contributed by atoms with Crippen LogP contribution in [0.15, 0.2) is 42.5 Å². The molecule has 1 fully saturated rings. The van der Waals surface area contributed by atoms with Gasteiger partial charge in [0, 0.05) is 38.8 Å². The molecule has 1 amide bonds. The zero-order valence-corrected chi connectivity index (χ0v) is 18.3. The maximum absolute atomic E-state index is 12.6. The first kappa shape index (κ1) is 24.6. The van der Waals surface area contributed by atoms with Crippen molar-refractivity contribution in [1.29, 1.82) is 5.26 Å². The van der Waals surface area contributed by atoms with Crippen molar-refractivity contribution in [2.24, 2.45) is 0 Å². The normalized spacial score (nSPS) is 14.3. The summed E-state index contributed by atoms with van der Waals surface area (Å²) in [5.41, 5.74) is 1.20. The minimum absolute atomic E-state index is 0.0243. The summed E-state index contributed by atoms with van der Waals surface area (Å²) >= 11 is 0. The van der Waals surface area contributed by atoms with Crippen LogP contribution in [0.3, 0.4) is 0 Å². The Labute approximate surface area is 194 Å². The lowest BCUT2D eigenvalue weighted by Gasteiger charge is -2.34. The van der Waals surface area contributed by atoms with E-state index in [1.165, 1.54) is 25.3 Å². The largest absolute Gasteiger partial charge is 0.493 e. The molecule has 178 valence electrons. The van der Waals surface area contributed by atoms with Crippen molar-refractivity contribution in [3.63, 3.8) is 0 Å². The number of methoxy groups -OCH3 is 1. The summed E-state index contributed by atoms with van der Waals surface area (Å²) in [4.78, 5) is 27.1. The van der Waals surface area contributed by atoms with Crippen LogP contribution in [0.4, 0.5) is 14.5 Å². The number of nitro benzene ring substituents is 1. The minimum Gasteiger partial charge on any atom is -0.493 e. The highest BCUT2D eigenvalue weighted by molar-refractivity contribution is 5.92. The van der Waals surface area contributed by atoms with Gasteiger partial charge in [-0.3, -0.25) is 19.8 Å². The van der Waals surface area contributed by atoms with Gasteiger partial charge in [-0.05, 0) is 29.8 Å². The highest BCUT2D eigenvalue weighted by Crippen LogP contribution is 2.36. The molecule has 0 N–H and O–H groups in total. The standard InChI is InChI=1S/C23H22F2N4O5/c1-33-20-12-18(19(29(31)32)13-21(20)34-23(24)25)6-7-22(30)28-10-8-27(9-11-28)15-17-4-2-16(14-26)3-5-17/h2-7,12-13,23H,8-11,15H2,1H3. The summed E-state index contributed by atoms with van der Waals surface area (Å²) in [5.74, 6) is -0.903. The number of ether oxygens (including phenoxy) is 2. The van der Waals surface area contributed by atoms with Crippen LogP contribution in [-0.4, -0.2) is 60.5 Å². The molecule has 1 saturated heterocycles. The number of piperazine rings is 1. The molecular formula is C23H22F2N4O5. The second-order valence-corrected chi connectivity index (χ2v) is 7.44. The zero-order valence-electron chi connectivity index (χ0n) is 18.3. The molecule has 1 heterocycles. The number of nitrogens with zero attached hydrogens (tertiary/aromatic N) is 4. The van der Waals surface area contributed by atoms with Crippen LogP contribution in [0.25, 0.3) is 6.08 Å². The molecule has 2 aromatic rings. The van der Waals surface area contributed by atoms with E-state index in [-0.39, 0.29) is 17.2 Å². The van der Waals surface area contributed by atoms with Crippen molar-refractivity contribution < 1.29 is 28.0 Å². The summed E-state index contributed by atoms with van der Waals surface area (Å²) in [6.07, 6.45) is 2.48. The van der Waals surface area contributed by atoms with E-state index in [0.29, 0.717) is 38.3 Å². The van der Waals surface area contributed by atoms with Gasteiger partial charge in [-0.15, -0.1) is 0 Å². The summed E-state index contributed by atoms with van der Waals surface area (Å²) in [7, 11) is 1.22. The van der Waals surface area contributed by atoms with E-state index in [2.05, 4.69) is 15.7 Å². The van der Waals surface area contributed by atoms with Gasteiger partial charge in [-0.1, -0.05) is 12.1 Å². The predicted octanol–water partition coefficient (Wildman–Crippen LogP) is 3.43. The number of rotatable bonds is 8. The van der Waals surface area contributed by atoms with Crippen molar-refractivity contribution in [2.75, 3.05) is 33.3 Å². The Bertz CT molecular complexity index is 1110. The molecule has 0 atom stereocenters. The fourth-order valence-electron chi connectivity index (χ4n) is 3.54. The lowest BCUT2D eigenvalue weighted by Crippen LogP contribution is -2.47. The van der Waals surface area contributed by atoms with E-state index in [0.717, 1.165) is 11.6 Å². The fourth-order valence-corrected chi connectivity index (χ4v) is 3.54. The Hall–Kier alpha value is -4.04. The molecule has 0 unspecified atom stereocenters. The predicted molar refractivity (Wildman–Crippen MR) is 118 cm³/mol. The summed E-state index contributed by atoms with van der Waals surface area (Å²) in [6.45, 7) is -0.228. The molecule has 0 radical (unpaired) electrons. The quantitative estimate of drug-likeness (QED) is 0.329. The van der Waals surface area contributed by atoms with Crippen LogP contribution in [0.1, 0.15) is 16.7 Å². The number of hydrogen-bond donors (Lipinski definition) is 0. The van der Waals surface area contributed by atoms with Crippen LogP contribution < -0.4 is 9.47 Å². The maximum Gasteiger partial charge on any atom is 0.387 e. The number of alkyl halides is 2. The first-order valence-corrected chi connectivity index (χ1v) is 10.3. The molecule has 0 bridgehead atoms. The molecule has 0 saturated carbocycles. The molecule has 1 aliphatic rings. The number of benzene rings is 2.